The summed E-state index contributed by atoms with van der Waals surface area (Å²) < 4.78 is 0. The van der Waals surface area contributed by atoms with Crippen LogP contribution in [0.5, 0.6) is 5.75 Å². The van der Waals surface area contributed by atoms with Gasteiger partial charge in [0.1, 0.15) is 5.75 Å². The van der Waals surface area contributed by atoms with Crippen LogP contribution in [0.25, 0.3) is 0 Å². The van der Waals surface area contributed by atoms with E-state index in [-0.39, 0.29) is 11.7 Å². The average Bonchev–Trinajstić information content (AvgIpc) is 2.34. The third-order valence-electron chi connectivity index (χ3n) is 2.86. The molecule has 5 heteroatoms. The van der Waals surface area contributed by atoms with Gasteiger partial charge in [0.25, 0.3) is 0 Å². The Morgan fingerprint density at radius 1 is 1.37 bits per heavy atom. The predicted molar refractivity (Wildman–Crippen MR) is 74.9 cm³/mol. The van der Waals surface area contributed by atoms with Crippen molar-refractivity contribution >= 4 is 5.91 Å². The highest BCUT2D eigenvalue weighted by Crippen LogP contribution is 2.16. The third-order valence-corrected chi connectivity index (χ3v) is 2.86. The number of aromatic nitrogens is 1. The molecule has 1 heterocycles. The van der Waals surface area contributed by atoms with Crippen molar-refractivity contribution in [3.05, 3.63) is 23.5 Å². The number of hydrogen-bond donors (Lipinski definition) is 1. The van der Waals surface area contributed by atoms with Crippen LogP contribution >= 0.6 is 0 Å². The number of nitrogens with zero attached hydrogens (tertiary/aromatic N) is 3. The molecule has 106 valence electrons. The molecule has 0 saturated heterocycles. The lowest BCUT2D eigenvalue weighted by atomic mass is 10.2. The molecule has 0 fully saturated rings. The second kappa shape index (κ2) is 7.09. The summed E-state index contributed by atoms with van der Waals surface area (Å²) in [5, 5.41) is 9.81. The highest BCUT2D eigenvalue weighted by molar-refractivity contribution is 5.77. The number of pyridine rings is 1. The number of aromatic hydroxyl groups is 1. The number of carbonyl (C=O) groups is 1. The van der Waals surface area contributed by atoms with Crippen molar-refractivity contribution in [3.63, 3.8) is 0 Å². The molecule has 0 radical (unpaired) electrons. The number of amides is 1. The van der Waals surface area contributed by atoms with Gasteiger partial charge in [0.2, 0.25) is 5.91 Å². The molecule has 1 aromatic rings. The molecule has 0 saturated carbocycles. The Kier molecular flexibility index (Phi) is 5.76. The molecule has 1 amide bonds. The topological polar surface area (TPSA) is 56.7 Å². The standard InChI is InChI=1S/C14H23N3O2/c1-5-8-17(10-14(19)16(3)4)9-12-13(18)7-6-11(2)15-12/h6-7,18H,5,8-10H2,1-4H3. The van der Waals surface area contributed by atoms with Gasteiger partial charge in [0.05, 0.1) is 12.2 Å². The summed E-state index contributed by atoms with van der Waals surface area (Å²) in [6, 6.07) is 3.42. The fourth-order valence-electron chi connectivity index (χ4n) is 1.79. The van der Waals surface area contributed by atoms with Crippen molar-refractivity contribution in [2.24, 2.45) is 0 Å². The van der Waals surface area contributed by atoms with E-state index < -0.39 is 0 Å². The minimum atomic E-state index is 0.0561. The summed E-state index contributed by atoms with van der Waals surface area (Å²) in [5.41, 5.74) is 1.49. The lowest BCUT2D eigenvalue weighted by Gasteiger charge is -2.23. The van der Waals surface area contributed by atoms with E-state index in [0.717, 1.165) is 18.7 Å². The summed E-state index contributed by atoms with van der Waals surface area (Å²) in [4.78, 5) is 19.7. The summed E-state index contributed by atoms with van der Waals surface area (Å²) in [5.74, 6) is 0.240. The van der Waals surface area contributed by atoms with Crippen molar-refractivity contribution in [2.75, 3.05) is 27.2 Å². The lowest BCUT2D eigenvalue weighted by Crippen LogP contribution is -2.36. The summed E-state index contributed by atoms with van der Waals surface area (Å²) in [6.45, 7) is 5.58. The van der Waals surface area contributed by atoms with Crippen LogP contribution in [0.1, 0.15) is 24.7 Å². The molecule has 0 atom stereocenters. The number of hydrogen-bond acceptors (Lipinski definition) is 4. The maximum Gasteiger partial charge on any atom is 0.236 e. The monoisotopic (exact) mass is 265 g/mol. The zero-order chi connectivity index (χ0) is 14.4. The summed E-state index contributed by atoms with van der Waals surface area (Å²) >= 11 is 0. The minimum Gasteiger partial charge on any atom is -0.506 e. The lowest BCUT2D eigenvalue weighted by molar-refractivity contribution is -0.130. The maximum absolute atomic E-state index is 11.8. The van der Waals surface area contributed by atoms with Crippen molar-refractivity contribution in [1.29, 1.82) is 0 Å². The molecule has 19 heavy (non-hydrogen) atoms. The fourth-order valence-corrected chi connectivity index (χ4v) is 1.79. The first-order valence-corrected chi connectivity index (χ1v) is 6.52. The maximum atomic E-state index is 11.8. The van der Waals surface area contributed by atoms with Gasteiger partial charge in [-0.05, 0) is 32.0 Å². The van der Waals surface area contributed by atoms with Gasteiger partial charge in [-0.15, -0.1) is 0 Å². The smallest absolute Gasteiger partial charge is 0.236 e. The van der Waals surface area contributed by atoms with Crippen LogP contribution in [0.15, 0.2) is 12.1 Å². The Balaban J connectivity index is 2.77. The van der Waals surface area contributed by atoms with Crippen LogP contribution in [0.4, 0.5) is 0 Å². The molecule has 0 spiro atoms. The van der Waals surface area contributed by atoms with Gasteiger partial charge in [0, 0.05) is 26.3 Å². The minimum absolute atomic E-state index is 0.0561. The number of rotatable bonds is 6. The summed E-state index contributed by atoms with van der Waals surface area (Å²) in [6.07, 6.45) is 0.952. The molecule has 5 nitrogen and oxygen atoms in total. The predicted octanol–water partition coefficient (Wildman–Crippen LogP) is 1.40. The zero-order valence-electron chi connectivity index (χ0n) is 12.2. The van der Waals surface area contributed by atoms with Gasteiger partial charge in [0.15, 0.2) is 0 Å². The van der Waals surface area contributed by atoms with E-state index in [9.17, 15) is 9.90 Å². The quantitative estimate of drug-likeness (QED) is 0.844. The zero-order valence-corrected chi connectivity index (χ0v) is 12.2. The third kappa shape index (κ3) is 4.87. The normalized spacial score (nSPS) is 10.8. The Morgan fingerprint density at radius 3 is 2.63 bits per heavy atom. The molecular formula is C14H23N3O2. The number of aryl methyl sites for hydroxylation is 1. The molecule has 1 rings (SSSR count). The Morgan fingerprint density at radius 2 is 2.05 bits per heavy atom. The molecule has 0 unspecified atom stereocenters. The molecule has 1 aromatic heterocycles. The van der Waals surface area contributed by atoms with E-state index in [0.29, 0.717) is 18.8 Å². The average molecular weight is 265 g/mol. The van der Waals surface area contributed by atoms with E-state index in [1.807, 2.05) is 11.8 Å². The van der Waals surface area contributed by atoms with Gasteiger partial charge in [-0.2, -0.15) is 0 Å². The van der Waals surface area contributed by atoms with Crippen molar-refractivity contribution in [3.8, 4) is 5.75 Å². The first kappa shape index (κ1) is 15.4. The van der Waals surface area contributed by atoms with Crippen LogP contribution in [0.2, 0.25) is 0 Å². The van der Waals surface area contributed by atoms with Crippen LogP contribution in [-0.2, 0) is 11.3 Å². The largest absolute Gasteiger partial charge is 0.506 e. The van der Waals surface area contributed by atoms with E-state index in [1.165, 1.54) is 0 Å². The van der Waals surface area contributed by atoms with E-state index in [4.69, 9.17) is 0 Å². The molecule has 0 aromatic carbocycles. The van der Waals surface area contributed by atoms with Gasteiger partial charge >= 0.3 is 0 Å². The molecule has 0 bridgehead atoms. The van der Waals surface area contributed by atoms with Crippen LogP contribution in [0.3, 0.4) is 0 Å². The second-order valence-electron chi connectivity index (χ2n) is 4.92. The van der Waals surface area contributed by atoms with Gasteiger partial charge < -0.3 is 10.0 Å². The first-order chi connectivity index (χ1) is 8.93. The molecule has 0 aliphatic heterocycles. The fraction of sp³-hybridized carbons (Fsp3) is 0.571. The SMILES string of the molecule is CCCN(CC(=O)N(C)C)Cc1nc(C)ccc1O. The van der Waals surface area contributed by atoms with Crippen LogP contribution in [0, 0.1) is 6.92 Å². The first-order valence-electron chi connectivity index (χ1n) is 6.52. The second-order valence-corrected chi connectivity index (χ2v) is 4.92. The Bertz CT molecular complexity index is 433. The highest BCUT2D eigenvalue weighted by atomic mass is 16.3. The van der Waals surface area contributed by atoms with Crippen molar-refractivity contribution in [1.82, 2.24) is 14.8 Å². The van der Waals surface area contributed by atoms with Gasteiger partial charge in [-0.25, -0.2) is 0 Å². The highest BCUT2D eigenvalue weighted by Gasteiger charge is 2.14. The molecule has 0 aliphatic rings. The number of likely N-dealkylation sites (N-methyl/N-ethyl adjacent to an activating group) is 1. The Hall–Kier alpha value is -1.62. The van der Waals surface area contributed by atoms with Gasteiger partial charge in [-0.1, -0.05) is 6.92 Å². The van der Waals surface area contributed by atoms with Crippen molar-refractivity contribution < 1.29 is 9.90 Å². The van der Waals surface area contributed by atoms with Crippen molar-refractivity contribution in [2.45, 2.75) is 26.8 Å². The van der Waals surface area contributed by atoms with E-state index >= 15 is 0 Å². The van der Waals surface area contributed by atoms with E-state index in [2.05, 4.69) is 11.9 Å². The summed E-state index contributed by atoms with van der Waals surface area (Å²) in [7, 11) is 3.49. The molecule has 0 aliphatic carbocycles. The number of carbonyl (C=O) groups excluding carboxylic acids is 1. The van der Waals surface area contributed by atoms with Crippen LogP contribution in [-0.4, -0.2) is 53.0 Å². The Labute approximate surface area is 114 Å². The van der Waals surface area contributed by atoms with E-state index in [1.54, 1.807) is 31.1 Å². The van der Waals surface area contributed by atoms with Crippen LogP contribution < -0.4 is 0 Å². The molecular weight excluding hydrogens is 242 g/mol. The molecule has 1 N–H and O–H groups in total. The van der Waals surface area contributed by atoms with Gasteiger partial charge in [-0.3, -0.25) is 14.7 Å².